The number of halogens is 1. The van der Waals surface area contributed by atoms with E-state index >= 15 is 0 Å². The summed E-state index contributed by atoms with van der Waals surface area (Å²) in [7, 11) is 3.06. The molecule has 2 rings (SSSR count). The number of rotatable bonds is 5. The average molecular weight is 313 g/mol. The lowest BCUT2D eigenvalue weighted by Crippen LogP contribution is -2.13. The number of thiazole rings is 1. The topological polar surface area (TPSA) is 74.4 Å². The third kappa shape index (κ3) is 2.86. The number of nitrogens with two attached hydrogens (primary N) is 1. The fourth-order valence-electron chi connectivity index (χ4n) is 1.75. The number of carbonyl (C=O) groups is 1. The van der Waals surface area contributed by atoms with E-state index in [4.69, 9.17) is 26.8 Å². The first-order chi connectivity index (χ1) is 9.56. The molecule has 0 saturated carbocycles. The molecule has 5 nitrogen and oxygen atoms in total. The minimum absolute atomic E-state index is 0.121. The van der Waals surface area contributed by atoms with Gasteiger partial charge in [-0.25, -0.2) is 4.98 Å². The van der Waals surface area contributed by atoms with Gasteiger partial charge in [0.05, 0.1) is 31.4 Å². The van der Waals surface area contributed by atoms with Crippen LogP contribution >= 0.6 is 22.9 Å². The molecule has 0 aliphatic heterocycles. The van der Waals surface area contributed by atoms with Crippen molar-refractivity contribution in [2.45, 2.75) is 6.42 Å². The molecule has 0 radical (unpaired) electrons. The predicted octanol–water partition coefficient (Wildman–Crippen LogP) is 2.51. The third-order valence-electron chi connectivity index (χ3n) is 2.64. The quantitative estimate of drug-likeness (QED) is 0.920. The van der Waals surface area contributed by atoms with Crippen molar-refractivity contribution in [2.24, 2.45) is 5.73 Å². The van der Waals surface area contributed by atoms with Crippen molar-refractivity contribution in [3.05, 3.63) is 27.5 Å². The SMILES string of the molecule is COc1ccc(-c2csc(CC(N)=O)n2)c(Cl)c1OC. The van der Waals surface area contributed by atoms with E-state index in [1.54, 1.807) is 19.2 Å². The molecule has 0 aliphatic carbocycles. The smallest absolute Gasteiger partial charge is 0.224 e. The van der Waals surface area contributed by atoms with Crippen molar-refractivity contribution in [3.63, 3.8) is 0 Å². The zero-order chi connectivity index (χ0) is 14.7. The van der Waals surface area contributed by atoms with Crippen molar-refractivity contribution in [1.82, 2.24) is 4.98 Å². The van der Waals surface area contributed by atoms with Crippen LogP contribution in [0.2, 0.25) is 5.02 Å². The van der Waals surface area contributed by atoms with E-state index in [1.165, 1.54) is 18.4 Å². The van der Waals surface area contributed by atoms with E-state index in [9.17, 15) is 4.79 Å². The molecule has 0 bridgehead atoms. The minimum Gasteiger partial charge on any atom is -0.493 e. The van der Waals surface area contributed by atoms with Gasteiger partial charge in [0.25, 0.3) is 0 Å². The molecular weight excluding hydrogens is 300 g/mol. The first-order valence-electron chi connectivity index (χ1n) is 5.70. The van der Waals surface area contributed by atoms with Crippen LogP contribution in [0.4, 0.5) is 0 Å². The van der Waals surface area contributed by atoms with E-state index in [-0.39, 0.29) is 6.42 Å². The lowest BCUT2D eigenvalue weighted by Gasteiger charge is -2.11. The molecule has 106 valence electrons. The van der Waals surface area contributed by atoms with Gasteiger partial charge in [0.15, 0.2) is 11.5 Å². The number of primary amides is 1. The zero-order valence-corrected chi connectivity index (χ0v) is 12.5. The monoisotopic (exact) mass is 312 g/mol. The highest BCUT2D eigenvalue weighted by atomic mass is 35.5. The predicted molar refractivity (Wildman–Crippen MR) is 78.6 cm³/mol. The fourth-order valence-corrected chi connectivity index (χ4v) is 2.89. The molecule has 20 heavy (non-hydrogen) atoms. The standard InChI is InChI=1S/C13H13ClN2O3S/c1-18-9-4-3-7(12(14)13(9)19-2)8-6-20-11(16-8)5-10(15)17/h3-4,6H,5H2,1-2H3,(H2,15,17). The third-order valence-corrected chi connectivity index (χ3v) is 3.86. The lowest BCUT2D eigenvalue weighted by molar-refractivity contribution is -0.117. The van der Waals surface area contributed by atoms with Crippen molar-refractivity contribution in [3.8, 4) is 22.8 Å². The van der Waals surface area contributed by atoms with Crippen LogP contribution in [0.1, 0.15) is 5.01 Å². The summed E-state index contributed by atoms with van der Waals surface area (Å²) in [6, 6.07) is 3.56. The van der Waals surface area contributed by atoms with E-state index in [2.05, 4.69) is 4.98 Å². The summed E-state index contributed by atoms with van der Waals surface area (Å²) >= 11 is 7.67. The van der Waals surface area contributed by atoms with Gasteiger partial charge in [-0.05, 0) is 12.1 Å². The maximum absolute atomic E-state index is 10.9. The molecule has 2 N–H and O–H groups in total. The van der Waals surface area contributed by atoms with Gasteiger partial charge >= 0.3 is 0 Å². The Morgan fingerprint density at radius 3 is 2.75 bits per heavy atom. The van der Waals surface area contributed by atoms with Gasteiger partial charge in [0.2, 0.25) is 5.91 Å². The van der Waals surface area contributed by atoms with Crippen molar-refractivity contribution in [2.75, 3.05) is 14.2 Å². The summed E-state index contributed by atoms with van der Waals surface area (Å²) in [5.41, 5.74) is 6.55. The Hall–Kier alpha value is -1.79. The lowest BCUT2D eigenvalue weighted by atomic mass is 10.1. The van der Waals surface area contributed by atoms with Gasteiger partial charge in [-0.2, -0.15) is 0 Å². The highest BCUT2D eigenvalue weighted by molar-refractivity contribution is 7.10. The van der Waals surface area contributed by atoms with Gasteiger partial charge in [-0.3, -0.25) is 4.79 Å². The zero-order valence-electron chi connectivity index (χ0n) is 11.0. The Morgan fingerprint density at radius 2 is 2.15 bits per heavy atom. The molecule has 0 atom stereocenters. The van der Waals surface area contributed by atoms with Crippen molar-refractivity contribution >= 4 is 28.8 Å². The molecule has 0 aliphatic rings. The molecule has 1 aromatic heterocycles. The number of benzene rings is 1. The Morgan fingerprint density at radius 1 is 1.40 bits per heavy atom. The van der Waals surface area contributed by atoms with E-state index in [1.807, 2.05) is 5.38 Å². The largest absolute Gasteiger partial charge is 0.493 e. The number of hydrogen-bond donors (Lipinski definition) is 1. The van der Waals surface area contributed by atoms with Crippen LogP contribution in [-0.2, 0) is 11.2 Å². The van der Waals surface area contributed by atoms with Crippen LogP contribution in [-0.4, -0.2) is 25.1 Å². The number of carbonyl (C=O) groups excluding carboxylic acids is 1. The van der Waals surface area contributed by atoms with Gasteiger partial charge in [0.1, 0.15) is 5.01 Å². The van der Waals surface area contributed by atoms with Gasteiger partial charge < -0.3 is 15.2 Å². The van der Waals surface area contributed by atoms with Gasteiger partial charge in [-0.15, -0.1) is 11.3 Å². The maximum Gasteiger partial charge on any atom is 0.224 e. The molecule has 1 aromatic carbocycles. The summed E-state index contributed by atoms with van der Waals surface area (Å²) in [5, 5.41) is 2.90. The summed E-state index contributed by atoms with van der Waals surface area (Å²) in [5.74, 6) is 0.592. The van der Waals surface area contributed by atoms with Crippen molar-refractivity contribution < 1.29 is 14.3 Å². The first-order valence-corrected chi connectivity index (χ1v) is 6.96. The van der Waals surface area contributed by atoms with Crippen LogP contribution in [0.3, 0.4) is 0 Å². The van der Waals surface area contributed by atoms with E-state index in [0.717, 1.165) is 5.56 Å². The minimum atomic E-state index is -0.413. The second kappa shape index (κ2) is 6.11. The molecule has 0 saturated heterocycles. The summed E-state index contributed by atoms with van der Waals surface area (Å²) < 4.78 is 10.4. The second-order valence-corrected chi connectivity index (χ2v) is 5.25. The molecule has 0 spiro atoms. The van der Waals surface area contributed by atoms with Crippen LogP contribution in [0.5, 0.6) is 11.5 Å². The van der Waals surface area contributed by atoms with Crippen LogP contribution in [0, 0.1) is 0 Å². The summed E-state index contributed by atoms with van der Waals surface area (Å²) in [6.45, 7) is 0. The normalized spacial score (nSPS) is 10.3. The summed E-state index contributed by atoms with van der Waals surface area (Å²) in [6.07, 6.45) is 0.121. The number of hydrogen-bond acceptors (Lipinski definition) is 5. The maximum atomic E-state index is 10.9. The number of ether oxygens (including phenoxy) is 2. The molecule has 1 amide bonds. The van der Waals surface area contributed by atoms with Crippen LogP contribution in [0.15, 0.2) is 17.5 Å². The van der Waals surface area contributed by atoms with E-state index < -0.39 is 5.91 Å². The number of methoxy groups -OCH3 is 2. The van der Waals surface area contributed by atoms with Crippen LogP contribution in [0.25, 0.3) is 11.3 Å². The first kappa shape index (κ1) is 14.6. The van der Waals surface area contributed by atoms with Gasteiger partial charge in [0, 0.05) is 10.9 Å². The Bertz CT molecular complexity index is 643. The Labute approximate surface area is 125 Å². The highest BCUT2D eigenvalue weighted by Crippen LogP contribution is 2.41. The molecular formula is C13H13ClN2O3S. The highest BCUT2D eigenvalue weighted by Gasteiger charge is 2.16. The molecule has 0 fully saturated rings. The Balaban J connectivity index is 2.42. The average Bonchev–Trinajstić information content (AvgIpc) is 2.85. The fraction of sp³-hybridized carbons (Fsp3) is 0.231. The molecule has 2 aromatic rings. The van der Waals surface area contributed by atoms with Crippen molar-refractivity contribution in [1.29, 1.82) is 0 Å². The number of amides is 1. The van der Waals surface area contributed by atoms with Crippen LogP contribution < -0.4 is 15.2 Å². The van der Waals surface area contributed by atoms with E-state index in [0.29, 0.717) is 27.2 Å². The second-order valence-electron chi connectivity index (χ2n) is 3.93. The number of nitrogens with zero attached hydrogens (tertiary/aromatic N) is 1. The Kier molecular flexibility index (Phi) is 4.46. The number of aromatic nitrogens is 1. The molecule has 7 heteroatoms. The molecule has 0 unspecified atom stereocenters. The summed E-state index contributed by atoms with van der Waals surface area (Å²) in [4.78, 5) is 15.2. The van der Waals surface area contributed by atoms with Gasteiger partial charge in [-0.1, -0.05) is 11.6 Å². The molecule has 1 heterocycles.